The first-order chi connectivity index (χ1) is 10.8. The van der Waals surface area contributed by atoms with Crippen molar-refractivity contribution in [1.82, 2.24) is 19.4 Å². The molecular weight excluding hydrogens is 320 g/mol. The van der Waals surface area contributed by atoms with Crippen LogP contribution in [0.5, 0.6) is 0 Å². The third-order valence-corrected chi connectivity index (χ3v) is 4.82. The van der Waals surface area contributed by atoms with E-state index >= 15 is 0 Å². The van der Waals surface area contributed by atoms with Crippen LogP contribution in [0.25, 0.3) is 0 Å². The molecule has 0 aromatic carbocycles. The molecule has 1 amide bonds. The fourth-order valence-electron chi connectivity index (χ4n) is 2.89. The van der Waals surface area contributed by atoms with Gasteiger partial charge in [0.2, 0.25) is 10.0 Å². The van der Waals surface area contributed by atoms with Gasteiger partial charge in [-0.05, 0) is 25.8 Å². The van der Waals surface area contributed by atoms with Crippen molar-refractivity contribution >= 4 is 15.9 Å². The number of nitrogens with zero attached hydrogens (tertiary/aromatic N) is 3. The van der Waals surface area contributed by atoms with Crippen LogP contribution in [0.1, 0.15) is 30.3 Å². The van der Waals surface area contributed by atoms with E-state index in [9.17, 15) is 13.2 Å². The quantitative estimate of drug-likeness (QED) is 0.756. The van der Waals surface area contributed by atoms with E-state index in [4.69, 9.17) is 4.74 Å². The second-order valence-corrected chi connectivity index (χ2v) is 7.68. The maximum absolute atomic E-state index is 12.5. The number of aromatic nitrogens is 2. The van der Waals surface area contributed by atoms with Gasteiger partial charge < -0.3 is 9.64 Å². The van der Waals surface area contributed by atoms with E-state index in [0.717, 1.165) is 6.26 Å². The maximum Gasteiger partial charge on any atom is 0.274 e. The van der Waals surface area contributed by atoms with Gasteiger partial charge in [-0.3, -0.25) is 9.48 Å². The third-order valence-electron chi connectivity index (χ3n) is 4.01. The molecule has 23 heavy (non-hydrogen) atoms. The smallest absolute Gasteiger partial charge is 0.274 e. The first-order valence-electron chi connectivity index (χ1n) is 7.59. The van der Waals surface area contributed by atoms with Crippen molar-refractivity contribution in [2.75, 3.05) is 33.1 Å². The maximum atomic E-state index is 12.5. The molecule has 0 radical (unpaired) electrons. The van der Waals surface area contributed by atoms with Crippen molar-refractivity contribution in [3.05, 3.63) is 18.0 Å². The summed E-state index contributed by atoms with van der Waals surface area (Å²) >= 11 is 0. The average Bonchev–Trinajstić information content (AvgIpc) is 3.10. The summed E-state index contributed by atoms with van der Waals surface area (Å²) < 4.78 is 32.8. The van der Waals surface area contributed by atoms with E-state index in [1.165, 1.54) is 0 Å². The summed E-state index contributed by atoms with van der Waals surface area (Å²) in [5.41, 5.74) is -0.291. The fraction of sp³-hybridized carbons (Fsp3) is 0.714. The monoisotopic (exact) mass is 344 g/mol. The van der Waals surface area contributed by atoms with Crippen molar-refractivity contribution in [2.45, 2.75) is 31.8 Å². The van der Waals surface area contributed by atoms with Crippen LogP contribution in [0.2, 0.25) is 0 Å². The van der Waals surface area contributed by atoms with Crippen LogP contribution in [-0.4, -0.2) is 67.6 Å². The highest BCUT2D eigenvalue weighted by atomic mass is 32.2. The highest BCUT2D eigenvalue weighted by Crippen LogP contribution is 2.27. The Morgan fingerprint density at radius 1 is 1.52 bits per heavy atom. The van der Waals surface area contributed by atoms with Crippen molar-refractivity contribution in [2.24, 2.45) is 0 Å². The third kappa shape index (κ3) is 4.52. The van der Waals surface area contributed by atoms with Gasteiger partial charge >= 0.3 is 0 Å². The van der Waals surface area contributed by atoms with Gasteiger partial charge in [0.1, 0.15) is 5.69 Å². The molecule has 2 heterocycles. The van der Waals surface area contributed by atoms with E-state index in [0.29, 0.717) is 44.8 Å². The van der Waals surface area contributed by atoms with Gasteiger partial charge in [-0.15, -0.1) is 0 Å². The van der Waals surface area contributed by atoms with Gasteiger partial charge in [0.05, 0.1) is 11.8 Å². The zero-order valence-electron chi connectivity index (χ0n) is 13.8. The summed E-state index contributed by atoms with van der Waals surface area (Å²) in [7, 11) is -1.80. The molecule has 0 saturated carbocycles. The molecule has 2 rings (SSSR count). The average molecular weight is 344 g/mol. The number of amides is 1. The molecule has 1 aromatic heterocycles. The lowest BCUT2D eigenvalue weighted by Gasteiger charge is -2.29. The number of rotatable bonds is 7. The van der Waals surface area contributed by atoms with E-state index in [-0.39, 0.29) is 5.91 Å². The van der Waals surface area contributed by atoms with Crippen LogP contribution in [0.3, 0.4) is 0 Å². The molecule has 1 saturated heterocycles. The number of nitrogens with one attached hydrogen (secondary N) is 1. The molecule has 9 heteroatoms. The van der Waals surface area contributed by atoms with Gasteiger partial charge in [0.15, 0.2) is 0 Å². The van der Waals surface area contributed by atoms with Crippen molar-refractivity contribution in [3.8, 4) is 0 Å². The predicted octanol–water partition coefficient (Wildman–Crippen LogP) is 0.0734. The van der Waals surface area contributed by atoms with Crippen LogP contribution in [-0.2, 0) is 21.3 Å². The van der Waals surface area contributed by atoms with Crippen molar-refractivity contribution in [1.29, 1.82) is 0 Å². The SMILES string of the molecule is CCn1ccc(C(=O)N2CCC(CCOC)(NS(C)(=O)=O)C2)n1. The minimum absolute atomic E-state index is 0.174. The first-order valence-corrected chi connectivity index (χ1v) is 9.48. The lowest BCUT2D eigenvalue weighted by Crippen LogP contribution is -2.51. The molecule has 1 N–H and O–H groups in total. The minimum atomic E-state index is -3.37. The van der Waals surface area contributed by atoms with Gasteiger partial charge in [-0.1, -0.05) is 0 Å². The van der Waals surface area contributed by atoms with E-state index in [1.54, 1.807) is 29.0 Å². The Kier molecular flexibility index (Phi) is 5.43. The second kappa shape index (κ2) is 6.98. The number of methoxy groups -OCH3 is 1. The molecule has 1 fully saturated rings. The summed E-state index contributed by atoms with van der Waals surface area (Å²) in [6.07, 6.45) is 3.97. The number of hydrogen-bond donors (Lipinski definition) is 1. The summed E-state index contributed by atoms with van der Waals surface area (Å²) in [6.45, 7) is 3.88. The number of likely N-dealkylation sites (tertiary alicyclic amines) is 1. The van der Waals surface area contributed by atoms with Crippen LogP contribution < -0.4 is 4.72 Å². The normalized spacial score (nSPS) is 21.8. The second-order valence-electron chi connectivity index (χ2n) is 5.93. The number of sulfonamides is 1. The highest BCUT2D eigenvalue weighted by Gasteiger charge is 2.42. The molecule has 0 spiro atoms. The molecular formula is C14H24N4O4S. The van der Waals surface area contributed by atoms with E-state index in [2.05, 4.69) is 9.82 Å². The number of carbonyl (C=O) groups is 1. The largest absolute Gasteiger partial charge is 0.385 e. The van der Waals surface area contributed by atoms with Crippen LogP contribution in [0.4, 0.5) is 0 Å². The predicted molar refractivity (Wildman–Crippen MR) is 85.6 cm³/mol. The van der Waals surface area contributed by atoms with Crippen LogP contribution in [0.15, 0.2) is 12.3 Å². The zero-order valence-corrected chi connectivity index (χ0v) is 14.6. The molecule has 1 aliphatic rings. The molecule has 0 aliphatic carbocycles. The van der Waals surface area contributed by atoms with Gasteiger partial charge in [0, 0.05) is 39.5 Å². The van der Waals surface area contributed by atoms with Crippen LogP contribution >= 0.6 is 0 Å². The molecule has 1 aromatic rings. The highest BCUT2D eigenvalue weighted by molar-refractivity contribution is 7.88. The van der Waals surface area contributed by atoms with Crippen molar-refractivity contribution < 1.29 is 17.9 Å². The molecule has 0 bridgehead atoms. The first kappa shape index (κ1) is 17.9. The Bertz CT molecular complexity index is 657. The van der Waals surface area contributed by atoms with E-state index in [1.807, 2.05) is 6.92 Å². The molecule has 1 atom stereocenters. The van der Waals surface area contributed by atoms with Gasteiger partial charge in [0.25, 0.3) is 5.91 Å². The summed E-state index contributed by atoms with van der Waals surface area (Å²) in [4.78, 5) is 14.2. The molecule has 1 aliphatic heterocycles. The number of ether oxygens (including phenoxy) is 1. The summed E-state index contributed by atoms with van der Waals surface area (Å²) in [5, 5.41) is 4.22. The van der Waals surface area contributed by atoms with Gasteiger partial charge in [-0.2, -0.15) is 5.10 Å². The Labute approximate surface area is 136 Å². The standard InChI is InChI=1S/C14H24N4O4S/c1-4-18-8-5-12(15-18)13(19)17-9-6-14(11-17,7-10-22-2)16-23(3,20)21/h5,8,16H,4,6-7,9-11H2,1-3H3. The Hall–Kier alpha value is -1.45. The summed E-state index contributed by atoms with van der Waals surface area (Å²) in [6, 6.07) is 1.69. The molecule has 1 unspecified atom stereocenters. The Balaban J connectivity index is 2.13. The van der Waals surface area contributed by atoms with E-state index < -0.39 is 15.6 Å². The fourth-order valence-corrected chi connectivity index (χ4v) is 3.94. The molecule has 8 nitrogen and oxygen atoms in total. The Morgan fingerprint density at radius 2 is 2.26 bits per heavy atom. The lowest BCUT2D eigenvalue weighted by molar-refractivity contribution is 0.0768. The lowest BCUT2D eigenvalue weighted by atomic mass is 9.96. The number of carbonyl (C=O) groups excluding carboxylic acids is 1. The zero-order chi connectivity index (χ0) is 17.1. The molecule has 130 valence electrons. The number of aryl methyl sites for hydroxylation is 1. The van der Waals surface area contributed by atoms with Crippen molar-refractivity contribution in [3.63, 3.8) is 0 Å². The minimum Gasteiger partial charge on any atom is -0.385 e. The number of hydrogen-bond acceptors (Lipinski definition) is 5. The van der Waals surface area contributed by atoms with Gasteiger partial charge in [-0.25, -0.2) is 13.1 Å². The van der Waals surface area contributed by atoms with Crippen LogP contribution in [0, 0.1) is 0 Å². The topological polar surface area (TPSA) is 93.5 Å². The summed E-state index contributed by atoms with van der Waals surface area (Å²) in [5.74, 6) is -0.174. The Morgan fingerprint density at radius 3 is 2.83 bits per heavy atom.